The van der Waals surface area contributed by atoms with Gasteiger partial charge in [0.05, 0.1) is 6.10 Å². The normalized spacial score (nSPS) is 12.2. The molecule has 0 amide bonds. The molecule has 0 heterocycles. The topological polar surface area (TPSA) is 29.5 Å². The molecule has 0 saturated heterocycles. The Morgan fingerprint density at radius 1 is 1.05 bits per heavy atom. The van der Waals surface area contributed by atoms with Gasteiger partial charge < -0.3 is 9.84 Å². The summed E-state index contributed by atoms with van der Waals surface area (Å²) in [4.78, 5) is 0. The van der Waals surface area contributed by atoms with Crippen molar-refractivity contribution < 1.29 is 9.84 Å². The molecule has 0 unspecified atom stereocenters. The van der Waals surface area contributed by atoms with Gasteiger partial charge in [0, 0.05) is 5.56 Å². The minimum atomic E-state index is -0.484. The van der Waals surface area contributed by atoms with Crippen molar-refractivity contribution in [3.8, 4) is 11.5 Å². The number of para-hydroxylation sites is 1. The van der Waals surface area contributed by atoms with E-state index in [-0.39, 0.29) is 0 Å². The summed E-state index contributed by atoms with van der Waals surface area (Å²) in [5.74, 6) is 1.54. The highest BCUT2D eigenvalue weighted by Crippen LogP contribution is 2.31. The molecule has 1 N–H and O–H groups in total. The van der Waals surface area contributed by atoms with Crippen molar-refractivity contribution in [3.63, 3.8) is 0 Å². The Balaban J connectivity index is 2.32. The van der Waals surface area contributed by atoms with Crippen LogP contribution < -0.4 is 4.74 Å². The summed E-state index contributed by atoms with van der Waals surface area (Å²) in [6.07, 6.45) is 0.190. The Morgan fingerprint density at radius 3 is 2.32 bits per heavy atom. The zero-order valence-electron chi connectivity index (χ0n) is 11.7. The molecule has 100 valence electrons. The molecule has 2 rings (SSSR count). The van der Waals surface area contributed by atoms with E-state index in [0.29, 0.717) is 6.42 Å². The second-order valence-corrected chi connectivity index (χ2v) is 4.89. The van der Waals surface area contributed by atoms with Gasteiger partial charge in [-0.3, -0.25) is 0 Å². The second kappa shape index (κ2) is 5.89. The highest BCUT2D eigenvalue weighted by atomic mass is 16.5. The smallest absolute Gasteiger partial charge is 0.133 e. The lowest BCUT2D eigenvalue weighted by Gasteiger charge is -2.15. The Bertz CT molecular complexity index is 541. The van der Waals surface area contributed by atoms with Gasteiger partial charge in [-0.15, -0.1) is 0 Å². The molecular weight excluding hydrogens is 236 g/mol. The van der Waals surface area contributed by atoms with Crippen LogP contribution in [0, 0.1) is 13.8 Å². The minimum Gasteiger partial charge on any atom is -0.457 e. The molecule has 2 nitrogen and oxygen atoms in total. The van der Waals surface area contributed by atoms with Crippen LogP contribution in [0.2, 0.25) is 0 Å². The lowest BCUT2D eigenvalue weighted by Crippen LogP contribution is -1.98. The average Bonchev–Trinajstić information content (AvgIpc) is 2.37. The number of benzene rings is 2. The summed E-state index contributed by atoms with van der Waals surface area (Å²) in [7, 11) is 0. The van der Waals surface area contributed by atoms with Gasteiger partial charge in [0.2, 0.25) is 0 Å². The van der Waals surface area contributed by atoms with Crippen molar-refractivity contribution in [1.82, 2.24) is 0 Å². The Labute approximate surface area is 114 Å². The maximum Gasteiger partial charge on any atom is 0.133 e. The minimum absolute atomic E-state index is 0.484. The van der Waals surface area contributed by atoms with Gasteiger partial charge in [0.25, 0.3) is 0 Å². The van der Waals surface area contributed by atoms with Crippen molar-refractivity contribution in [2.75, 3.05) is 0 Å². The molecule has 0 aliphatic rings. The van der Waals surface area contributed by atoms with Crippen LogP contribution >= 0.6 is 0 Å². The second-order valence-electron chi connectivity index (χ2n) is 4.89. The van der Waals surface area contributed by atoms with Crippen molar-refractivity contribution >= 4 is 0 Å². The third-order valence-electron chi connectivity index (χ3n) is 3.09. The SMILES string of the molecule is CC[C@@H](O)c1ccccc1Oc1cc(C)cc(C)c1. The Morgan fingerprint density at radius 2 is 1.68 bits per heavy atom. The van der Waals surface area contributed by atoms with E-state index in [2.05, 4.69) is 6.07 Å². The number of aryl methyl sites for hydroxylation is 2. The summed E-state index contributed by atoms with van der Waals surface area (Å²) in [5.41, 5.74) is 3.18. The van der Waals surface area contributed by atoms with Gasteiger partial charge in [-0.1, -0.05) is 31.2 Å². The molecule has 0 aliphatic carbocycles. The van der Waals surface area contributed by atoms with E-state index in [1.807, 2.05) is 57.2 Å². The highest BCUT2D eigenvalue weighted by Gasteiger charge is 2.11. The number of hydrogen-bond donors (Lipinski definition) is 1. The zero-order chi connectivity index (χ0) is 13.8. The van der Waals surface area contributed by atoms with Crippen LogP contribution in [0.5, 0.6) is 11.5 Å². The maximum atomic E-state index is 10.0. The molecule has 1 atom stereocenters. The summed E-state index contributed by atoms with van der Waals surface area (Å²) in [6, 6.07) is 13.8. The van der Waals surface area contributed by atoms with Gasteiger partial charge in [-0.2, -0.15) is 0 Å². The molecule has 0 radical (unpaired) electrons. The van der Waals surface area contributed by atoms with Gasteiger partial charge in [-0.25, -0.2) is 0 Å². The number of rotatable bonds is 4. The first-order valence-corrected chi connectivity index (χ1v) is 6.63. The molecule has 0 bridgehead atoms. The lowest BCUT2D eigenvalue weighted by atomic mass is 10.1. The van der Waals surface area contributed by atoms with Gasteiger partial charge in [-0.05, 0) is 49.6 Å². The molecule has 0 fully saturated rings. The Kier molecular flexibility index (Phi) is 4.23. The van der Waals surface area contributed by atoms with Crippen LogP contribution in [0.3, 0.4) is 0 Å². The number of ether oxygens (including phenoxy) is 1. The summed E-state index contributed by atoms with van der Waals surface area (Å²) in [5, 5.41) is 10.0. The predicted octanol–water partition coefficient (Wildman–Crippen LogP) is 4.54. The van der Waals surface area contributed by atoms with Crippen molar-refractivity contribution in [2.45, 2.75) is 33.3 Å². The van der Waals surface area contributed by atoms with Crippen LogP contribution in [0.1, 0.15) is 36.1 Å². The van der Waals surface area contributed by atoms with Crippen LogP contribution in [-0.2, 0) is 0 Å². The van der Waals surface area contributed by atoms with Crippen LogP contribution in [0.25, 0.3) is 0 Å². The molecule has 2 aromatic rings. The van der Waals surface area contributed by atoms with Crippen molar-refractivity contribution in [2.24, 2.45) is 0 Å². The molecular formula is C17H20O2. The summed E-state index contributed by atoms with van der Waals surface area (Å²) in [6.45, 7) is 6.05. The zero-order valence-corrected chi connectivity index (χ0v) is 11.7. The standard InChI is InChI=1S/C17H20O2/c1-4-16(18)15-7-5-6-8-17(15)19-14-10-12(2)9-13(3)11-14/h5-11,16,18H,4H2,1-3H3/t16-/m1/s1. The Hall–Kier alpha value is -1.80. The first kappa shape index (κ1) is 13.6. The molecule has 0 saturated carbocycles. The van der Waals surface area contributed by atoms with Crippen LogP contribution in [-0.4, -0.2) is 5.11 Å². The quantitative estimate of drug-likeness (QED) is 0.870. The third kappa shape index (κ3) is 3.36. The van der Waals surface area contributed by atoms with Crippen molar-refractivity contribution in [1.29, 1.82) is 0 Å². The molecule has 0 aromatic heterocycles. The van der Waals surface area contributed by atoms with E-state index in [4.69, 9.17) is 4.74 Å². The van der Waals surface area contributed by atoms with Gasteiger partial charge in [0.1, 0.15) is 11.5 Å². The largest absolute Gasteiger partial charge is 0.457 e. The van der Waals surface area contributed by atoms with Gasteiger partial charge in [0.15, 0.2) is 0 Å². The highest BCUT2D eigenvalue weighted by molar-refractivity contribution is 5.41. The fourth-order valence-electron chi connectivity index (χ4n) is 2.19. The van der Waals surface area contributed by atoms with E-state index >= 15 is 0 Å². The average molecular weight is 256 g/mol. The predicted molar refractivity (Wildman–Crippen MR) is 77.7 cm³/mol. The van der Waals surface area contributed by atoms with E-state index in [9.17, 15) is 5.11 Å². The maximum absolute atomic E-state index is 10.0. The first-order chi connectivity index (χ1) is 9.10. The first-order valence-electron chi connectivity index (χ1n) is 6.63. The molecule has 0 spiro atoms. The van der Waals surface area contributed by atoms with Gasteiger partial charge >= 0.3 is 0 Å². The third-order valence-corrected chi connectivity index (χ3v) is 3.09. The monoisotopic (exact) mass is 256 g/mol. The number of aliphatic hydroxyl groups is 1. The fraction of sp³-hybridized carbons (Fsp3) is 0.294. The van der Waals surface area contributed by atoms with Crippen molar-refractivity contribution in [3.05, 3.63) is 59.2 Å². The van der Waals surface area contributed by atoms with E-state index in [1.165, 1.54) is 11.1 Å². The number of aliphatic hydroxyl groups excluding tert-OH is 1. The van der Waals surface area contributed by atoms with Crippen LogP contribution in [0.15, 0.2) is 42.5 Å². The van der Waals surface area contributed by atoms with E-state index in [1.54, 1.807) is 0 Å². The lowest BCUT2D eigenvalue weighted by molar-refractivity contribution is 0.170. The molecule has 2 heteroatoms. The molecule has 0 aliphatic heterocycles. The summed E-state index contributed by atoms with van der Waals surface area (Å²) < 4.78 is 5.93. The summed E-state index contributed by atoms with van der Waals surface area (Å²) >= 11 is 0. The van der Waals surface area contributed by atoms with E-state index in [0.717, 1.165) is 17.1 Å². The molecule has 19 heavy (non-hydrogen) atoms. The number of hydrogen-bond acceptors (Lipinski definition) is 2. The molecule has 2 aromatic carbocycles. The van der Waals surface area contributed by atoms with Crippen LogP contribution in [0.4, 0.5) is 0 Å². The fourth-order valence-corrected chi connectivity index (χ4v) is 2.19. The van der Waals surface area contributed by atoms with E-state index < -0.39 is 6.10 Å².